The van der Waals surface area contributed by atoms with Crippen molar-refractivity contribution in [3.8, 4) is 0 Å². The standard InChI is InChI=1S/C22H34O/c1-3-4-5-6-7-8-9-10-11-12-13-14-15-16-17-18-19-20-21-22(2)23/h12-21H,3-11H2,1-2H3. The Morgan fingerprint density at radius 3 is 1.70 bits per heavy atom. The maximum atomic E-state index is 10.7. The monoisotopic (exact) mass is 314 g/mol. The topological polar surface area (TPSA) is 17.1 Å². The van der Waals surface area contributed by atoms with Crippen LogP contribution in [0.25, 0.3) is 0 Å². The fourth-order valence-corrected chi connectivity index (χ4v) is 2.15. The van der Waals surface area contributed by atoms with Gasteiger partial charge in [0.2, 0.25) is 0 Å². The molecule has 1 nitrogen and oxygen atoms in total. The highest BCUT2D eigenvalue weighted by atomic mass is 16.1. The molecular formula is C22H34O. The lowest BCUT2D eigenvalue weighted by Crippen LogP contribution is -1.79. The van der Waals surface area contributed by atoms with Crippen LogP contribution >= 0.6 is 0 Å². The zero-order valence-electron chi connectivity index (χ0n) is 15.0. The summed E-state index contributed by atoms with van der Waals surface area (Å²) in [5, 5.41) is 0. The Bertz CT molecular complexity index is 408. The smallest absolute Gasteiger partial charge is 0.152 e. The second-order valence-electron chi connectivity index (χ2n) is 5.82. The van der Waals surface area contributed by atoms with Crippen molar-refractivity contribution in [2.24, 2.45) is 0 Å². The van der Waals surface area contributed by atoms with Gasteiger partial charge >= 0.3 is 0 Å². The molecule has 0 atom stereocenters. The van der Waals surface area contributed by atoms with Crippen LogP contribution in [0.4, 0.5) is 0 Å². The van der Waals surface area contributed by atoms with Gasteiger partial charge in [0, 0.05) is 0 Å². The molecule has 0 rings (SSSR count). The van der Waals surface area contributed by atoms with Crippen molar-refractivity contribution in [1.82, 2.24) is 0 Å². The average molecular weight is 315 g/mol. The summed E-state index contributed by atoms with van der Waals surface area (Å²) >= 11 is 0. The van der Waals surface area contributed by atoms with Gasteiger partial charge in [-0.05, 0) is 25.8 Å². The minimum atomic E-state index is 0.0696. The summed E-state index contributed by atoms with van der Waals surface area (Å²) in [4.78, 5) is 10.7. The molecular weight excluding hydrogens is 280 g/mol. The zero-order valence-corrected chi connectivity index (χ0v) is 15.0. The van der Waals surface area contributed by atoms with Gasteiger partial charge < -0.3 is 0 Å². The molecule has 0 aliphatic rings. The largest absolute Gasteiger partial charge is 0.295 e. The zero-order chi connectivity index (χ0) is 17.0. The molecule has 0 radical (unpaired) electrons. The number of unbranched alkanes of at least 4 members (excludes halogenated alkanes) is 8. The predicted molar refractivity (Wildman–Crippen MR) is 104 cm³/mol. The second kappa shape index (κ2) is 18.4. The summed E-state index contributed by atoms with van der Waals surface area (Å²) in [6.45, 7) is 3.81. The van der Waals surface area contributed by atoms with Crippen LogP contribution in [0.1, 0.15) is 71.6 Å². The first kappa shape index (κ1) is 21.4. The summed E-state index contributed by atoms with van der Waals surface area (Å²) < 4.78 is 0. The number of allylic oxidation sites excluding steroid dienone is 10. The van der Waals surface area contributed by atoms with Crippen molar-refractivity contribution in [3.63, 3.8) is 0 Å². The van der Waals surface area contributed by atoms with Crippen LogP contribution in [0.3, 0.4) is 0 Å². The number of hydrogen-bond donors (Lipinski definition) is 0. The van der Waals surface area contributed by atoms with Gasteiger partial charge in [-0.25, -0.2) is 0 Å². The first-order valence-corrected chi connectivity index (χ1v) is 9.11. The molecule has 0 aromatic heterocycles. The third-order valence-electron chi connectivity index (χ3n) is 3.47. The van der Waals surface area contributed by atoms with Gasteiger partial charge in [0.05, 0.1) is 0 Å². The average Bonchev–Trinajstić information content (AvgIpc) is 2.53. The van der Waals surface area contributed by atoms with Crippen molar-refractivity contribution in [3.05, 3.63) is 60.8 Å². The summed E-state index contributed by atoms with van der Waals surface area (Å²) in [5.41, 5.74) is 0. The fourth-order valence-electron chi connectivity index (χ4n) is 2.15. The summed E-state index contributed by atoms with van der Waals surface area (Å²) in [5.74, 6) is 0.0696. The Morgan fingerprint density at radius 2 is 1.13 bits per heavy atom. The molecule has 0 unspecified atom stereocenters. The first-order chi connectivity index (χ1) is 11.3. The van der Waals surface area contributed by atoms with Gasteiger partial charge in [-0.2, -0.15) is 0 Å². The molecule has 0 fully saturated rings. The minimum Gasteiger partial charge on any atom is -0.295 e. The van der Waals surface area contributed by atoms with E-state index in [2.05, 4.69) is 25.2 Å². The molecule has 128 valence electrons. The summed E-state index contributed by atoms with van der Waals surface area (Å²) in [7, 11) is 0. The highest BCUT2D eigenvalue weighted by Gasteiger charge is 1.89. The second-order valence-corrected chi connectivity index (χ2v) is 5.82. The van der Waals surface area contributed by atoms with Gasteiger partial charge in [-0.3, -0.25) is 4.79 Å². The molecule has 0 spiro atoms. The van der Waals surface area contributed by atoms with Crippen LogP contribution in [0, 0.1) is 0 Å². The molecule has 0 saturated carbocycles. The highest BCUT2D eigenvalue weighted by Crippen LogP contribution is 2.09. The minimum absolute atomic E-state index is 0.0696. The van der Waals surface area contributed by atoms with Gasteiger partial charge in [-0.1, -0.05) is 107 Å². The van der Waals surface area contributed by atoms with Gasteiger partial charge in [0.1, 0.15) is 0 Å². The van der Waals surface area contributed by atoms with E-state index >= 15 is 0 Å². The Balaban J connectivity index is 3.47. The van der Waals surface area contributed by atoms with Crippen LogP contribution < -0.4 is 0 Å². The fraction of sp³-hybridized carbons (Fsp3) is 0.500. The SMILES string of the molecule is CCCCCCCCCCC=CC=CC=CC=CC=CC(C)=O. The van der Waals surface area contributed by atoms with E-state index < -0.39 is 0 Å². The molecule has 1 heteroatoms. The summed E-state index contributed by atoms with van der Waals surface area (Å²) in [6.07, 6.45) is 31.6. The van der Waals surface area contributed by atoms with Crippen molar-refractivity contribution in [2.75, 3.05) is 0 Å². The normalized spacial score (nSPS) is 12.8. The van der Waals surface area contributed by atoms with Gasteiger partial charge in [0.25, 0.3) is 0 Å². The van der Waals surface area contributed by atoms with Crippen LogP contribution in [0.15, 0.2) is 60.8 Å². The van der Waals surface area contributed by atoms with E-state index in [1.165, 1.54) is 57.8 Å². The molecule has 0 aromatic rings. The van der Waals surface area contributed by atoms with E-state index in [1.54, 1.807) is 19.1 Å². The number of hydrogen-bond acceptors (Lipinski definition) is 1. The van der Waals surface area contributed by atoms with Gasteiger partial charge in [0.15, 0.2) is 5.78 Å². The van der Waals surface area contributed by atoms with Crippen LogP contribution in [-0.2, 0) is 4.79 Å². The third kappa shape index (κ3) is 20.4. The summed E-state index contributed by atoms with van der Waals surface area (Å²) in [6, 6.07) is 0. The van der Waals surface area contributed by atoms with E-state index in [4.69, 9.17) is 0 Å². The van der Waals surface area contributed by atoms with Gasteiger partial charge in [-0.15, -0.1) is 0 Å². The lowest BCUT2D eigenvalue weighted by atomic mass is 10.1. The predicted octanol–water partition coefficient (Wildman–Crippen LogP) is 6.89. The number of carbonyl (C=O) groups excluding carboxylic acids is 1. The van der Waals surface area contributed by atoms with E-state index in [1.807, 2.05) is 30.4 Å². The third-order valence-corrected chi connectivity index (χ3v) is 3.47. The van der Waals surface area contributed by atoms with E-state index in [-0.39, 0.29) is 5.78 Å². The highest BCUT2D eigenvalue weighted by molar-refractivity contribution is 5.87. The van der Waals surface area contributed by atoms with Crippen molar-refractivity contribution < 1.29 is 4.79 Å². The van der Waals surface area contributed by atoms with Crippen LogP contribution in [0.5, 0.6) is 0 Å². The molecule has 0 aromatic carbocycles. The van der Waals surface area contributed by atoms with E-state index in [0.717, 1.165) is 0 Å². The number of ketones is 1. The Morgan fingerprint density at radius 1 is 0.652 bits per heavy atom. The van der Waals surface area contributed by atoms with Crippen molar-refractivity contribution in [2.45, 2.75) is 71.6 Å². The van der Waals surface area contributed by atoms with Crippen LogP contribution in [0.2, 0.25) is 0 Å². The first-order valence-electron chi connectivity index (χ1n) is 9.11. The number of carbonyl (C=O) groups is 1. The maximum absolute atomic E-state index is 10.7. The Hall–Kier alpha value is -1.63. The van der Waals surface area contributed by atoms with Crippen molar-refractivity contribution in [1.29, 1.82) is 0 Å². The Kier molecular flexibility index (Phi) is 17.1. The van der Waals surface area contributed by atoms with E-state index in [0.29, 0.717) is 0 Å². The molecule has 0 amide bonds. The molecule has 23 heavy (non-hydrogen) atoms. The van der Waals surface area contributed by atoms with Crippen molar-refractivity contribution >= 4 is 5.78 Å². The molecule has 0 aliphatic carbocycles. The number of rotatable bonds is 14. The molecule has 0 aliphatic heterocycles. The lowest BCUT2D eigenvalue weighted by Gasteiger charge is -1.99. The van der Waals surface area contributed by atoms with E-state index in [9.17, 15) is 4.79 Å². The van der Waals surface area contributed by atoms with Crippen LogP contribution in [-0.4, -0.2) is 5.78 Å². The molecule has 0 saturated heterocycles. The Labute approximate surface area is 143 Å². The molecule has 0 heterocycles. The quantitative estimate of drug-likeness (QED) is 0.194. The maximum Gasteiger partial charge on any atom is 0.152 e. The lowest BCUT2D eigenvalue weighted by molar-refractivity contribution is -0.112. The molecule has 0 bridgehead atoms. The molecule has 0 N–H and O–H groups in total.